The number of ether oxygens (including phenoxy) is 5. The van der Waals surface area contributed by atoms with Gasteiger partial charge in [-0.15, -0.1) is 6.42 Å². The molecule has 1 atom stereocenters. The molecule has 0 fully saturated rings. The minimum Gasteiger partial charge on any atom is -0.467 e. The molecule has 0 heterocycles. The van der Waals surface area contributed by atoms with Crippen LogP contribution in [0.15, 0.2) is 36.4 Å². The Kier molecular flexibility index (Phi) is 9.20. The number of hydrogen-bond donors (Lipinski definition) is 0. The summed E-state index contributed by atoms with van der Waals surface area (Å²) in [6, 6.07) is 10.5. The molecule has 30 heavy (non-hydrogen) atoms. The molecule has 0 aromatic heterocycles. The molecule has 0 bridgehead atoms. The summed E-state index contributed by atoms with van der Waals surface area (Å²) >= 11 is 0. The van der Waals surface area contributed by atoms with E-state index in [1.165, 1.54) is 14.2 Å². The molecule has 6 nitrogen and oxygen atoms in total. The number of esters is 1. The predicted octanol–water partition coefficient (Wildman–Crippen LogP) is 4.50. The van der Waals surface area contributed by atoms with Crippen LogP contribution in [0, 0.1) is 18.3 Å². The second-order valence-electron chi connectivity index (χ2n) is 6.78. The maximum atomic E-state index is 12.5. The van der Waals surface area contributed by atoms with Crippen LogP contribution in [0.1, 0.15) is 36.2 Å². The smallest absolute Gasteiger partial charge is 0.338 e. The van der Waals surface area contributed by atoms with Crippen LogP contribution < -0.4 is 9.47 Å². The molecule has 0 radical (unpaired) electrons. The Bertz CT molecular complexity index is 884. The summed E-state index contributed by atoms with van der Waals surface area (Å²) in [6.45, 7) is 4.54. The van der Waals surface area contributed by atoms with E-state index in [0.29, 0.717) is 35.2 Å². The predicted molar refractivity (Wildman–Crippen MR) is 115 cm³/mol. The lowest BCUT2D eigenvalue weighted by Gasteiger charge is -2.16. The van der Waals surface area contributed by atoms with E-state index >= 15 is 0 Å². The second kappa shape index (κ2) is 11.9. The molecule has 0 aliphatic heterocycles. The van der Waals surface area contributed by atoms with Gasteiger partial charge in [-0.3, -0.25) is 0 Å². The first-order valence-corrected chi connectivity index (χ1v) is 9.69. The number of benzene rings is 2. The minimum absolute atomic E-state index is 0.0229. The molecule has 0 saturated heterocycles. The number of hydrogen-bond acceptors (Lipinski definition) is 6. The molecule has 6 heteroatoms. The molecule has 2 aromatic rings. The number of carbonyl (C=O) groups excluding carboxylic acids is 1. The van der Waals surface area contributed by atoms with Gasteiger partial charge in [-0.05, 0) is 42.3 Å². The number of methoxy groups -OCH3 is 2. The molecule has 0 amide bonds. The lowest BCUT2D eigenvalue weighted by atomic mass is 10.00. The van der Waals surface area contributed by atoms with Crippen molar-refractivity contribution in [2.24, 2.45) is 5.92 Å². The minimum atomic E-state index is -0.400. The zero-order chi connectivity index (χ0) is 21.9. The first-order valence-electron chi connectivity index (χ1n) is 9.69. The molecule has 2 rings (SSSR count). The third kappa shape index (κ3) is 6.24. The van der Waals surface area contributed by atoms with Gasteiger partial charge in [0.05, 0.1) is 12.2 Å². The van der Waals surface area contributed by atoms with Crippen LogP contribution in [0.4, 0.5) is 0 Å². The maximum Gasteiger partial charge on any atom is 0.338 e. The van der Waals surface area contributed by atoms with Gasteiger partial charge in [0.15, 0.2) is 13.6 Å². The van der Waals surface area contributed by atoms with Gasteiger partial charge >= 0.3 is 5.97 Å². The lowest BCUT2D eigenvalue weighted by Crippen LogP contribution is -2.12. The van der Waals surface area contributed by atoms with E-state index in [4.69, 9.17) is 30.1 Å². The van der Waals surface area contributed by atoms with E-state index in [1.54, 1.807) is 24.3 Å². The van der Waals surface area contributed by atoms with E-state index in [0.717, 1.165) is 17.5 Å². The van der Waals surface area contributed by atoms with Gasteiger partial charge in [0.2, 0.25) is 0 Å². The largest absolute Gasteiger partial charge is 0.467 e. The number of terminal acetylenes is 1. The van der Waals surface area contributed by atoms with Crippen molar-refractivity contribution in [2.75, 3.05) is 34.4 Å². The van der Waals surface area contributed by atoms with Crippen LogP contribution in [-0.4, -0.2) is 40.4 Å². The molecule has 0 saturated carbocycles. The Morgan fingerprint density at radius 2 is 1.60 bits per heavy atom. The highest BCUT2D eigenvalue weighted by Gasteiger charge is 2.17. The fourth-order valence-corrected chi connectivity index (χ4v) is 2.61. The summed E-state index contributed by atoms with van der Waals surface area (Å²) in [4.78, 5) is 12.5. The second-order valence-corrected chi connectivity index (χ2v) is 6.78. The molecule has 160 valence electrons. The van der Waals surface area contributed by atoms with Crippen LogP contribution in [-0.2, 0) is 14.2 Å². The highest BCUT2D eigenvalue weighted by molar-refractivity contribution is 5.91. The summed E-state index contributed by atoms with van der Waals surface area (Å²) in [5, 5.41) is 0. The van der Waals surface area contributed by atoms with Gasteiger partial charge in [-0.25, -0.2) is 4.79 Å². The van der Waals surface area contributed by atoms with Crippen LogP contribution in [0.2, 0.25) is 0 Å². The van der Waals surface area contributed by atoms with Crippen molar-refractivity contribution in [1.82, 2.24) is 0 Å². The lowest BCUT2D eigenvalue weighted by molar-refractivity contribution is 0.0437. The van der Waals surface area contributed by atoms with Gasteiger partial charge in [0.1, 0.15) is 11.5 Å². The standard InChI is InChI=1S/C24H28O6/c1-6-17(3)14-28-24(25)19-9-11-21(23(13-19)30-16-27-5)20-10-8-18(7-2)12-22(20)29-15-26-4/h2,8-13,17H,6,14-16H2,1,3-5H3/t17-/m0/s1. The third-order valence-corrected chi connectivity index (χ3v) is 4.52. The molecule has 2 aromatic carbocycles. The summed E-state index contributed by atoms with van der Waals surface area (Å²) in [5.41, 5.74) is 2.54. The molecule has 0 spiro atoms. The van der Waals surface area contributed by atoms with Crippen molar-refractivity contribution in [3.05, 3.63) is 47.5 Å². The van der Waals surface area contributed by atoms with Crippen molar-refractivity contribution in [3.63, 3.8) is 0 Å². The highest BCUT2D eigenvalue weighted by atomic mass is 16.7. The third-order valence-electron chi connectivity index (χ3n) is 4.52. The van der Waals surface area contributed by atoms with Gasteiger partial charge in [0, 0.05) is 30.9 Å². The Morgan fingerprint density at radius 1 is 1.00 bits per heavy atom. The van der Waals surface area contributed by atoms with Crippen molar-refractivity contribution in [1.29, 1.82) is 0 Å². The molecule has 0 aliphatic carbocycles. The summed E-state index contributed by atoms with van der Waals surface area (Å²) < 4.78 is 26.9. The number of rotatable bonds is 11. The fourth-order valence-electron chi connectivity index (χ4n) is 2.61. The van der Waals surface area contributed by atoms with Crippen LogP contribution in [0.5, 0.6) is 11.5 Å². The first kappa shape index (κ1) is 23.3. The summed E-state index contributed by atoms with van der Waals surface area (Å²) in [6.07, 6.45) is 6.45. The van der Waals surface area contributed by atoms with Gasteiger partial charge < -0.3 is 23.7 Å². The van der Waals surface area contributed by atoms with Gasteiger partial charge in [0.25, 0.3) is 0 Å². The quantitative estimate of drug-likeness (QED) is 0.308. The monoisotopic (exact) mass is 412 g/mol. The van der Waals surface area contributed by atoms with E-state index in [1.807, 2.05) is 19.1 Å². The SMILES string of the molecule is C#Cc1ccc(-c2ccc(C(=O)OC[C@@H](C)CC)cc2OCOC)c(OCOC)c1. The fraction of sp³-hybridized carbons (Fsp3) is 0.375. The Balaban J connectivity index is 2.42. The van der Waals surface area contributed by atoms with E-state index in [2.05, 4.69) is 12.8 Å². The normalized spacial score (nSPS) is 11.4. The van der Waals surface area contributed by atoms with Crippen molar-refractivity contribution in [3.8, 4) is 35.0 Å². The Hall–Kier alpha value is -3.01. The Morgan fingerprint density at radius 3 is 2.17 bits per heavy atom. The van der Waals surface area contributed by atoms with Gasteiger partial charge in [-0.2, -0.15) is 0 Å². The van der Waals surface area contributed by atoms with E-state index < -0.39 is 5.97 Å². The molecule has 0 aliphatic rings. The van der Waals surface area contributed by atoms with E-state index in [-0.39, 0.29) is 13.6 Å². The molecule has 0 N–H and O–H groups in total. The zero-order valence-electron chi connectivity index (χ0n) is 17.9. The average Bonchev–Trinajstić information content (AvgIpc) is 2.79. The first-order chi connectivity index (χ1) is 14.5. The van der Waals surface area contributed by atoms with Crippen LogP contribution >= 0.6 is 0 Å². The maximum absolute atomic E-state index is 12.5. The highest BCUT2D eigenvalue weighted by Crippen LogP contribution is 2.38. The molecular formula is C24H28O6. The summed E-state index contributed by atoms with van der Waals surface area (Å²) in [5.74, 6) is 3.50. The average molecular weight is 412 g/mol. The zero-order valence-corrected chi connectivity index (χ0v) is 17.9. The van der Waals surface area contributed by atoms with E-state index in [9.17, 15) is 4.79 Å². The van der Waals surface area contributed by atoms with Crippen LogP contribution in [0.3, 0.4) is 0 Å². The van der Waals surface area contributed by atoms with Crippen molar-refractivity contribution >= 4 is 5.97 Å². The topological polar surface area (TPSA) is 63.2 Å². The van der Waals surface area contributed by atoms with Crippen molar-refractivity contribution < 1.29 is 28.5 Å². The van der Waals surface area contributed by atoms with Crippen LogP contribution in [0.25, 0.3) is 11.1 Å². The van der Waals surface area contributed by atoms with Gasteiger partial charge in [-0.1, -0.05) is 26.2 Å². The molecular weight excluding hydrogens is 384 g/mol. The number of carbonyl (C=O) groups is 1. The molecule has 0 unspecified atom stereocenters. The Labute approximate surface area is 178 Å². The van der Waals surface area contributed by atoms with Crippen molar-refractivity contribution in [2.45, 2.75) is 20.3 Å². The summed E-state index contributed by atoms with van der Waals surface area (Å²) in [7, 11) is 3.07.